The second-order valence-electron chi connectivity index (χ2n) is 3.79. The van der Waals surface area contributed by atoms with Gasteiger partial charge in [-0.05, 0) is 30.7 Å². The second-order valence-corrected chi connectivity index (χ2v) is 4.54. The van der Waals surface area contributed by atoms with Crippen LogP contribution in [0.3, 0.4) is 0 Å². The first kappa shape index (κ1) is 9.60. The summed E-state index contributed by atoms with van der Waals surface area (Å²) in [7, 11) is 0. The van der Waals surface area contributed by atoms with Crippen molar-refractivity contribution in [1.82, 2.24) is 0 Å². The molecule has 2 aromatic carbocycles. The number of rotatable bonds is 1. The lowest BCUT2D eigenvalue weighted by molar-refractivity contribution is 1.38. The van der Waals surface area contributed by atoms with Crippen molar-refractivity contribution in [3.05, 3.63) is 54.1 Å². The van der Waals surface area contributed by atoms with E-state index in [1.165, 1.54) is 22.6 Å². The maximum absolute atomic E-state index is 3.32. The molecule has 0 atom stereocenters. The minimum Gasteiger partial charge on any atom is -0.310 e. The van der Waals surface area contributed by atoms with Gasteiger partial charge in [0.25, 0.3) is 0 Å². The molecule has 80 valence electrons. The molecular formula is C13H12N2S. The van der Waals surface area contributed by atoms with Crippen molar-refractivity contribution in [3.63, 3.8) is 0 Å². The summed E-state index contributed by atoms with van der Waals surface area (Å²) in [6.45, 7) is 2.14. The summed E-state index contributed by atoms with van der Waals surface area (Å²) in [5, 5.41) is 0. The van der Waals surface area contributed by atoms with E-state index in [9.17, 15) is 0 Å². The molecule has 0 radical (unpaired) electrons. The third-order valence-electron chi connectivity index (χ3n) is 2.70. The van der Waals surface area contributed by atoms with E-state index >= 15 is 0 Å². The Hall–Kier alpha value is -1.61. The highest BCUT2D eigenvalue weighted by atomic mass is 32.2. The number of aryl methyl sites for hydroxylation is 1. The number of nitrogens with one attached hydrogen (secondary N) is 1. The van der Waals surface area contributed by atoms with Gasteiger partial charge in [0, 0.05) is 0 Å². The first-order chi connectivity index (χ1) is 7.86. The second kappa shape index (κ2) is 3.76. The van der Waals surface area contributed by atoms with Crippen LogP contribution in [0.2, 0.25) is 0 Å². The van der Waals surface area contributed by atoms with E-state index in [2.05, 4.69) is 58.4 Å². The summed E-state index contributed by atoms with van der Waals surface area (Å²) in [5.41, 5.74) is 4.93. The Morgan fingerprint density at radius 2 is 1.62 bits per heavy atom. The molecule has 16 heavy (non-hydrogen) atoms. The van der Waals surface area contributed by atoms with Gasteiger partial charge in [0.2, 0.25) is 0 Å². The number of para-hydroxylation sites is 3. The average Bonchev–Trinajstić information content (AvgIpc) is 2.74. The molecule has 0 unspecified atom stereocenters. The van der Waals surface area contributed by atoms with E-state index in [-0.39, 0.29) is 0 Å². The molecule has 1 aliphatic rings. The molecule has 2 nitrogen and oxygen atoms in total. The molecular weight excluding hydrogens is 216 g/mol. The molecule has 0 saturated carbocycles. The molecule has 1 aliphatic heterocycles. The van der Waals surface area contributed by atoms with E-state index in [0.717, 1.165) is 0 Å². The van der Waals surface area contributed by atoms with Crippen molar-refractivity contribution < 1.29 is 0 Å². The third kappa shape index (κ3) is 1.44. The Kier molecular flexibility index (Phi) is 2.26. The molecule has 0 aliphatic carbocycles. The smallest absolute Gasteiger partial charge is 0.0782 e. The quantitative estimate of drug-likeness (QED) is 0.739. The van der Waals surface area contributed by atoms with Gasteiger partial charge in [-0.2, -0.15) is 0 Å². The van der Waals surface area contributed by atoms with Gasteiger partial charge in [-0.15, -0.1) is 0 Å². The van der Waals surface area contributed by atoms with E-state index in [4.69, 9.17) is 0 Å². The Labute approximate surface area is 99.6 Å². The van der Waals surface area contributed by atoms with Gasteiger partial charge in [-0.1, -0.05) is 30.3 Å². The van der Waals surface area contributed by atoms with Gasteiger partial charge in [0.1, 0.15) is 0 Å². The standard InChI is InChI=1S/C13H12N2S/c1-10-6-2-4-8-12(10)15-13-9-5-3-7-11(13)14-16-15/h2-9,14H,1H3. The molecule has 1 N–H and O–H groups in total. The first-order valence-electron chi connectivity index (χ1n) is 5.24. The van der Waals surface area contributed by atoms with Crippen LogP contribution in [0.4, 0.5) is 17.1 Å². The van der Waals surface area contributed by atoms with Gasteiger partial charge >= 0.3 is 0 Å². The summed E-state index contributed by atoms with van der Waals surface area (Å²) >= 11 is 1.62. The van der Waals surface area contributed by atoms with Crippen molar-refractivity contribution in [1.29, 1.82) is 0 Å². The van der Waals surface area contributed by atoms with Crippen LogP contribution in [0.5, 0.6) is 0 Å². The monoisotopic (exact) mass is 228 g/mol. The molecule has 2 aromatic rings. The highest BCUT2D eigenvalue weighted by Crippen LogP contribution is 2.44. The predicted octanol–water partition coefficient (Wildman–Crippen LogP) is 4.12. The normalized spacial score (nSPS) is 13.4. The van der Waals surface area contributed by atoms with Gasteiger partial charge < -0.3 is 4.72 Å². The number of fused-ring (bicyclic) bond motifs is 1. The SMILES string of the molecule is Cc1ccccc1N1SNc2ccccc21. The fourth-order valence-electron chi connectivity index (χ4n) is 1.85. The Morgan fingerprint density at radius 1 is 0.938 bits per heavy atom. The fourth-order valence-corrected chi connectivity index (χ4v) is 2.77. The molecule has 0 bridgehead atoms. The van der Waals surface area contributed by atoms with E-state index < -0.39 is 0 Å². The molecule has 0 saturated heterocycles. The van der Waals surface area contributed by atoms with Crippen molar-refractivity contribution in [2.45, 2.75) is 6.92 Å². The molecule has 0 aromatic heterocycles. The summed E-state index contributed by atoms with van der Waals surface area (Å²) < 4.78 is 5.55. The molecule has 3 rings (SSSR count). The van der Waals surface area contributed by atoms with Gasteiger partial charge in [0.05, 0.1) is 29.2 Å². The van der Waals surface area contributed by atoms with E-state index in [0.29, 0.717) is 0 Å². The van der Waals surface area contributed by atoms with Crippen LogP contribution in [-0.4, -0.2) is 0 Å². The van der Waals surface area contributed by atoms with Crippen LogP contribution in [0, 0.1) is 6.92 Å². The van der Waals surface area contributed by atoms with Crippen LogP contribution in [0.15, 0.2) is 48.5 Å². The Bertz CT molecular complexity index is 525. The van der Waals surface area contributed by atoms with Crippen molar-refractivity contribution in [3.8, 4) is 0 Å². The van der Waals surface area contributed by atoms with E-state index in [1.54, 1.807) is 12.1 Å². The minimum absolute atomic E-state index is 1.18. The summed E-state index contributed by atoms with van der Waals surface area (Å²) in [5.74, 6) is 0. The lowest BCUT2D eigenvalue weighted by Gasteiger charge is -2.17. The van der Waals surface area contributed by atoms with Gasteiger partial charge in [-0.25, -0.2) is 0 Å². The van der Waals surface area contributed by atoms with Crippen LogP contribution < -0.4 is 9.03 Å². The molecule has 0 spiro atoms. The summed E-state index contributed by atoms with van der Waals surface area (Å²) in [6.07, 6.45) is 0. The Morgan fingerprint density at radius 3 is 2.44 bits per heavy atom. The number of hydrogen-bond donors (Lipinski definition) is 1. The van der Waals surface area contributed by atoms with Gasteiger partial charge in [-0.3, -0.25) is 4.31 Å². The lowest BCUT2D eigenvalue weighted by Crippen LogP contribution is -2.04. The number of nitrogens with zero attached hydrogens (tertiary/aromatic N) is 1. The summed E-state index contributed by atoms with van der Waals surface area (Å²) in [4.78, 5) is 0. The maximum atomic E-state index is 3.32. The zero-order valence-electron chi connectivity index (χ0n) is 8.97. The van der Waals surface area contributed by atoms with Gasteiger partial charge in [0.15, 0.2) is 0 Å². The zero-order chi connectivity index (χ0) is 11.0. The first-order valence-corrected chi connectivity index (χ1v) is 6.01. The highest BCUT2D eigenvalue weighted by molar-refractivity contribution is 8.02. The third-order valence-corrected chi connectivity index (χ3v) is 3.59. The van der Waals surface area contributed by atoms with Crippen molar-refractivity contribution in [2.75, 3.05) is 9.03 Å². The maximum Gasteiger partial charge on any atom is 0.0782 e. The topological polar surface area (TPSA) is 15.3 Å². The lowest BCUT2D eigenvalue weighted by atomic mass is 10.2. The van der Waals surface area contributed by atoms with Crippen molar-refractivity contribution >= 4 is 29.2 Å². The molecule has 0 fully saturated rings. The average molecular weight is 228 g/mol. The van der Waals surface area contributed by atoms with Crippen molar-refractivity contribution in [2.24, 2.45) is 0 Å². The Balaban J connectivity index is 2.08. The predicted molar refractivity (Wildman–Crippen MR) is 71.0 cm³/mol. The summed E-state index contributed by atoms with van der Waals surface area (Å²) in [6, 6.07) is 16.8. The number of hydrogen-bond acceptors (Lipinski definition) is 3. The number of benzene rings is 2. The van der Waals surface area contributed by atoms with Crippen LogP contribution in [0.1, 0.15) is 5.56 Å². The minimum atomic E-state index is 1.18. The van der Waals surface area contributed by atoms with E-state index in [1.807, 2.05) is 6.07 Å². The molecule has 0 amide bonds. The van der Waals surface area contributed by atoms with Crippen LogP contribution in [-0.2, 0) is 0 Å². The molecule has 3 heteroatoms. The zero-order valence-corrected chi connectivity index (χ0v) is 9.79. The largest absolute Gasteiger partial charge is 0.310 e. The van der Waals surface area contributed by atoms with Crippen LogP contribution >= 0.6 is 12.1 Å². The number of anilines is 3. The highest BCUT2D eigenvalue weighted by Gasteiger charge is 2.21. The van der Waals surface area contributed by atoms with Crippen LogP contribution in [0.25, 0.3) is 0 Å². The molecule has 1 heterocycles. The fraction of sp³-hybridized carbons (Fsp3) is 0.0769.